The Morgan fingerprint density at radius 3 is 2.72 bits per heavy atom. The second kappa shape index (κ2) is 9.36. The molecular weight excluding hydrogens is 316 g/mol. The molecule has 0 aliphatic carbocycles. The lowest BCUT2D eigenvalue weighted by molar-refractivity contribution is 0.0954. The highest BCUT2D eigenvalue weighted by Gasteiger charge is 2.31. The molecule has 2 rings (SSSR count). The molecular formula is C18H30N6O. The van der Waals surface area contributed by atoms with E-state index in [9.17, 15) is 4.79 Å². The quantitative estimate of drug-likeness (QED) is 0.401. The first-order valence-electron chi connectivity index (χ1n) is 8.90. The van der Waals surface area contributed by atoms with Gasteiger partial charge in [0.2, 0.25) is 0 Å². The van der Waals surface area contributed by atoms with E-state index in [1.54, 1.807) is 31.6 Å². The zero-order valence-corrected chi connectivity index (χ0v) is 15.6. The van der Waals surface area contributed by atoms with Crippen LogP contribution < -0.4 is 16.0 Å². The fraction of sp³-hybridized carbons (Fsp3) is 0.611. The minimum Gasteiger partial charge on any atom is -0.355 e. The zero-order chi connectivity index (χ0) is 18.2. The molecule has 25 heavy (non-hydrogen) atoms. The Labute approximate surface area is 150 Å². The first-order valence-corrected chi connectivity index (χ1v) is 8.90. The van der Waals surface area contributed by atoms with Crippen LogP contribution in [0.3, 0.4) is 0 Å². The van der Waals surface area contributed by atoms with Crippen LogP contribution in [0.1, 0.15) is 31.1 Å². The van der Waals surface area contributed by atoms with Gasteiger partial charge in [0.15, 0.2) is 5.96 Å². The summed E-state index contributed by atoms with van der Waals surface area (Å²) in [6.07, 6.45) is 3.21. The highest BCUT2D eigenvalue weighted by molar-refractivity contribution is 5.93. The SMILES string of the molecule is CN=C(NCCNC(=O)c1cccnc1)NC1CN(C(C)C)CC1C. The van der Waals surface area contributed by atoms with Crippen LogP contribution in [0.4, 0.5) is 0 Å². The van der Waals surface area contributed by atoms with Gasteiger partial charge in [-0.05, 0) is 31.9 Å². The third-order valence-electron chi connectivity index (χ3n) is 4.54. The lowest BCUT2D eigenvalue weighted by Gasteiger charge is -2.22. The Balaban J connectivity index is 1.71. The van der Waals surface area contributed by atoms with Gasteiger partial charge in [-0.25, -0.2) is 0 Å². The number of aliphatic imine (C=N–C) groups is 1. The molecule has 0 bridgehead atoms. The lowest BCUT2D eigenvalue weighted by atomic mass is 10.1. The maximum absolute atomic E-state index is 12.0. The van der Waals surface area contributed by atoms with Crippen LogP contribution in [0.15, 0.2) is 29.5 Å². The number of carbonyl (C=O) groups excluding carboxylic acids is 1. The maximum atomic E-state index is 12.0. The minimum absolute atomic E-state index is 0.116. The van der Waals surface area contributed by atoms with Crippen molar-refractivity contribution in [1.82, 2.24) is 25.8 Å². The van der Waals surface area contributed by atoms with Gasteiger partial charge in [0.25, 0.3) is 5.91 Å². The van der Waals surface area contributed by atoms with E-state index in [1.807, 2.05) is 0 Å². The van der Waals surface area contributed by atoms with Crippen LogP contribution in [0.2, 0.25) is 0 Å². The number of guanidine groups is 1. The Bertz CT molecular complexity index is 574. The predicted molar refractivity (Wildman–Crippen MR) is 101 cm³/mol. The number of hydrogen-bond acceptors (Lipinski definition) is 4. The van der Waals surface area contributed by atoms with Gasteiger partial charge in [0.05, 0.1) is 5.56 Å². The third-order valence-corrected chi connectivity index (χ3v) is 4.54. The van der Waals surface area contributed by atoms with Gasteiger partial charge in [-0.2, -0.15) is 0 Å². The summed E-state index contributed by atoms with van der Waals surface area (Å²) < 4.78 is 0. The zero-order valence-electron chi connectivity index (χ0n) is 15.6. The van der Waals surface area contributed by atoms with Crippen molar-refractivity contribution in [2.24, 2.45) is 10.9 Å². The van der Waals surface area contributed by atoms with Crippen molar-refractivity contribution in [2.75, 3.05) is 33.2 Å². The molecule has 7 nitrogen and oxygen atoms in total. The molecule has 0 spiro atoms. The average Bonchev–Trinajstić information content (AvgIpc) is 2.99. The second-order valence-electron chi connectivity index (χ2n) is 6.77. The molecule has 2 heterocycles. The second-order valence-corrected chi connectivity index (χ2v) is 6.77. The standard InChI is InChI=1S/C18H30N6O/c1-13(2)24-11-14(3)16(12-24)23-18(19-4)22-9-8-21-17(25)15-6-5-7-20-10-15/h5-7,10,13-14,16H,8-9,11-12H2,1-4H3,(H,21,25)(H2,19,22,23). The van der Waals surface area contributed by atoms with E-state index in [1.165, 1.54) is 0 Å². The van der Waals surface area contributed by atoms with Crippen LogP contribution in [0.25, 0.3) is 0 Å². The molecule has 1 aromatic rings. The summed E-state index contributed by atoms with van der Waals surface area (Å²) in [7, 11) is 1.77. The maximum Gasteiger partial charge on any atom is 0.252 e. The van der Waals surface area contributed by atoms with E-state index in [4.69, 9.17) is 0 Å². The Morgan fingerprint density at radius 2 is 2.12 bits per heavy atom. The van der Waals surface area contributed by atoms with Crippen LogP contribution in [0.5, 0.6) is 0 Å². The van der Waals surface area contributed by atoms with E-state index >= 15 is 0 Å². The third kappa shape index (κ3) is 5.70. The number of nitrogens with one attached hydrogen (secondary N) is 3. The molecule has 0 aromatic carbocycles. The number of carbonyl (C=O) groups is 1. The molecule has 2 unspecified atom stereocenters. The molecule has 0 saturated carbocycles. The number of pyridine rings is 1. The summed E-state index contributed by atoms with van der Waals surface area (Å²) in [5, 5.41) is 9.62. The summed E-state index contributed by atoms with van der Waals surface area (Å²) in [5.41, 5.74) is 0.568. The fourth-order valence-corrected chi connectivity index (χ4v) is 2.94. The first kappa shape index (κ1) is 19.2. The normalized spacial score (nSPS) is 21.4. The molecule has 2 atom stereocenters. The highest BCUT2D eigenvalue weighted by atomic mass is 16.1. The number of nitrogens with zero attached hydrogens (tertiary/aromatic N) is 3. The van der Waals surface area contributed by atoms with Gasteiger partial charge in [-0.15, -0.1) is 0 Å². The van der Waals surface area contributed by atoms with Gasteiger partial charge >= 0.3 is 0 Å². The molecule has 1 saturated heterocycles. The van der Waals surface area contributed by atoms with Crippen LogP contribution in [0, 0.1) is 5.92 Å². The minimum atomic E-state index is -0.116. The predicted octanol–water partition coefficient (Wildman–Crippen LogP) is 0.705. The number of hydrogen-bond donors (Lipinski definition) is 3. The number of aromatic nitrogens is 1. The summed E-state index contributed by atoms with van der Waals surface area (Å²) in [6.45, 7) is 9.99. The topological polar surface area (TPSA) is 81.6 Å². The summed E-state index contributed by atoms with van der Waals surface area (Å²) >= 11 is 0. The average molecular weight is 346 g/mol. The first-order chi connectivity index (χ1) is 12.0. The summed E-state index contributed by atoms with van der Waals surface area (Å²) in [5.74, 6) is 1.24. The van der Waals surface area contributed by atoms with Crippen molar-refractivity contribution in [2.45, 2.75) is 32.9 Å². The Kier molecular flexibility index (Phi) is 7.18. The van der Waals surface area contributed by atoms with E-state index in [2.05, 4.69) is 51.6 Å². The molecule has 1 aromatic heterocycles. The van der Waals surface area contributed by atoms with Crippen molar-refractivity contribution in [3.05, 3.63) is 30.1 Å². The van der Waals surface area contributed by atoms with Crippen LogP contribution >= 0.6 is 0 Å². The summed E-state index contributed by atoms with van der Waals surface area (Å²) in [4.78, 5) is 22.7. The van der Waals surface area contributed by atoms with Crippen molar-refractivity contribution < 1.29 is 4.79 Å². The van der Waals surface area contributed by atoms with Crippen LogP contribution in [-0.4, -0.2) is 67.1 Å². The molecule has 1 amide bonds. The molecule has 0 radical (unpaired) electrons. The van der Waals surface area contributed by atoms with Gasteiger partial charge in [-0.1, -0.05) is 6.92 Å². The molecule has 1 fully saturated rings. The van der Waals surface area contributed by atoms with Crippen LogP contribution in [-0.2, 0) is 0 Å². The van der Waals surface area contributed by atoms with Crippen molar-refractivity contribution in [1.29, 1.82) is 0 Å². The van der Waals surface area contributed by atoms with E-state index in [-0.39, 0.29) is 5.91 Å². The number of amides is 1. The fourth-order valence-electron chi connectivity index (χ4n) is 2.94. The van der Waals surface area contributed by atoms with Gasteiger partial charge < -0.3 is 16.0 Å². The Morgan fingerprint density at radius 1 is 1.36 bits per heavy atom. The molecule has 3 N–H and O–H groups in total. The Hall–Kier alpha value is -2.15. The number of rotatable bonds is 6. The van der Waals surface area contributed by atoms with E-state index in [0.717, 1.165) is 19.0 Å². The lowest BCUT2D eigenvalue weighted by Crippen LogP contribution is -2.48. The van der Waals surface area contributed by atoms with E-state index in [0.29, 0.717) is 36.7 Å². The van der Waals surface area contributed by atoms with Crippen molar-refractivity contribution >= 4 is 11.9 Å². The number of likely N-dealkylation sites (tertiary alicyclic amines) is 1. The highest BCUT2D eigenvalue weighted by Crippen LogP contribution is 2.18. The molecule has 1 aliphatic heterocycles. The molecule has 7 heteroatoms. The van der Waals surface area contributed by atoms with Gasteiger partial charge in [0.1, 0.15) is 0 Å². The monoisotopic (exact) mass is 346 g/mol. The van der Waals surface area contributed by atoms with Gasteiger partial charge in [0, 0.05) is 57.7 Å². The van der Waals surface area contributed by atoms with Crippen molar-refractivity contribution in [3.63, 3.8) is 0 Å². The van der Waals surface area contributed by atoms with Crippen molar-refractivity contribution in [3.8, 4) is 0 Å². The summed E-state index contributed by atoms with van der Waals surface area (Å²) in [6, 6.07) is 4.45. The molecule has 1 aliphatic rings. The smallest absolute Gasteiger partial charge is 0.252 e. The van der Waals surface area contributed by atoms with Gasteiger partial charge in [-0.3, -0.25) is 19.7 Å². The largest absolute Gasteiger partial charge is 0.355 e. The molecule has 138 valence electrons. The van der Waals surface area contributed by atoms with E-state index < -0.39 is 0 Å².